The third-order valence-electron chi connectivity index (χ3n) is 5.65. The first-order chi connectivity index (χ1) is 11.2. The van der Waals surface area contributed by atoms with Crippen molar-refractivity contribution in [2.24, 2.45) is 17.8 Å². The molecule has 3 aliphatic rings. The fourth-order valence-corrected chi connectivity index (χ4v) is 4.31. The molecule has 1 saturated heterocycles. The Kier molecular flexibility index (Phi) is 4.09. The number of carbonyl (C=O) groups is 1. The van der Waals surface area contributed by atoms with E-state index in [1.807, 2.05) is 4.90 Å². The topological polar surface area (TPSA) is 68.5 Å². The van der Waals surface area contributed by atoms with E-state index in [2.05, 4.69) is 10.2 Å². The molecular formula is C17H25N3O3. The first kappa shape index (κ1) is 15.1. The van der Waals surface area contributed by atoms with Crippen molar-refractivity contribution in [2.75, 3.05) is 19.8 Å². The predicted octanol–water partition coefficient (Wildman–Crippen LogP) is 2.49. The van der Waals surface area contributed by atoms with E-state index < -0.39 is 0 Å². The van der Waals surface area contributed by atoms with E-state index in [1.54, 1.807) is 6.92 Å². The summed E-state index contributed by atoms with van der Waals surface area (Å²) in [5, 5.41) is 7.99. The largest absolute Gasteiger partial charge is 0.423 e. The Labute approximate surface area is 136 Å². The van der Waals surface area contributed by atoms with Gasteiger partial charge in [0.25, 0.3) is 0 Å². The van der Waals surface area contributed by atoms with Gasteiger partial charge in [0.05, 0.1) is 13.2 Å². The molecule has 0 N–H and O–H groups in total. The number of hydrogen-bond acceptors (Lipinski definition) is 5. The molecule has 4 rings (SSSR count). The van der Waals surface area contributed by atoms with Crippen molar-refractivity contribution in [3.63, 3.8) is 0 Å². The zero-order valence-corrected chi connectivity index (χ0v) is 13.7. The van der Waals surface area contributed by atoms with Gasteiger partial charge >= 0.3 is 0 Å². The van der Waals surface area contributed by atoms with Crippen molar-refractivity contribution in [1.29, 1.82) is 0 Å². The summed E-state index contributed by atoms with van der Waals surface area (Å²) < 4.78 is 11.1. The first-order valence-corrected chi connectivity index (χ1v) is 8.92. The predicted molar refractivity (Wildman–Crippen MR) is 82.5 cm³/mol. The Hall–Kier alpha value is -1.43. The summed E-state index contributed by atoms with van der Waals surface area (Å²) in [6.07, 6.45) is 7.72. The van der Waals surface area contributed by atoms with Crippen LogP contribution in [-0.2, 0) is 9.53 Å². The molecule has 0 spiro atoms. The number of aryl methyl sites for hydroxylation is 1. The Morgan fingerprint density at radius 2 is 2.04 bits per heavy atom. The summed E-state index contributed by atoms with van der Waals surface area (Å²) >= 11 is 0. The molecule has 3 atom stereocenters. The molecule has 23 heavy (non-hydrogen) atoms. The van der Waals surface area contributed by atoms with E-state index in [1.165, 1.54) is 32.1 Å². The molecule has 1 amide bonds. The number of ether oxygens (including phenoxy) is 1. The highest BCUT2D eigenvalue weighted by molar-refractivity contribution is 5.82. The van der Waals surface area contributed by atoms with E-state index >= 15 is 0 Å². The summed E-state index contributed by atoms with van der Waals surface area (Å²) in [6, 6.07) is -0.218. The van der Waals surface area contributed by atoms with Crippen molar-refractivity contribution in [3.05, 3.63) is 11.8 Å². The maximum Gasteiger partial charge on any atom is 0.241 e. The summed E-state index contributed by atoms with van der Waals surface area (Å²) in [6.45, 7) is 3.44. The van der Waals surface area contributed by atoms with Gasteiger partial charge in [0, 0.05) is 19.4 Å². The molecule has 1 aromatic heterocycles. The van der Waals surface area contributed by atoms with Crippen molar-refractivity contribution in [1.82, 2.24) is 15.1 Å². The standard InChI is InChI=1S/C17H25N3O3/c1-11-18-19-16(23-11)15-10-22-8-7-20(15)17(21)14-9-13(14)12-5-3-2-4-6-12/h12-15H,2-10H2,1H3/t13-,14-,15-/m0/s1. The molecule has 2 aliphatic carbocycles. The average molecular weight is 319 g/mol. The summed E-state index contributed by atoms with van der Waals surface area (Å²) in [5.74, 6) is 2.89. The van der Waals surface area contributed by atoms with Gasteiger partial charge in [-0.2, -0.15) is 0 Å². The third-order valence-corrected chi connectivity index (χ3v) is 5.65. The lowest BCUT2D eigenvalue weighted by Gasteiger charge is -2.34. The number of aromatic nitrogens is 2. The van der Waals surface area contributed by atoms with Gasteiger partial charge in [-0.25, -0.2) is 0 Å². The molecule has 2 saturated carbocycles. The number of amides is 1. The Balaban J connectivity index is 1.44. The maximum absolute atomic E-state index is 13.0. The van der Waals surface area contributed by atoms with Gasteiger partial charge in [0.15, 0.2) is 0 Å². The minimum atomic E-state index is -0.218. The molecule has 0 unspecified atom stereocenters. The van der Waals surface area contributed by atoms with E-state index in [4.69, 9.17) is 9.15 Å². The number of nitrogens with zero attached hydrogens (tertiary/aromatic N) is 3. The molecule has 0 radical (unpaired) electrons. The van der Waals surface area contributed by atoms with Gasteiger partial charge in [-0.15, -0.1) is 10.2 Å². The van der Waals surface area contributed by atoms with Crippen molar-refractivity contribution < 1.29 is 13.9 Å². The molecular weight excluding hydrogens is 294 g/mol. The van der Waals surface area contributed by atoms with Gasteiger partial charge in [-0.1, -0.05) is 32.1 Å². The quantitative estimate of drug-likeness (QED) is 0.856. The van der Waals surface area contributed by atoms with E-state index in [0.29, 0.717) is 37.5 Å². The second-order valence-electron chi connectivity index (χ2n) is 7.19. The highest BCUT2D eigenvalue weighted by Gasteiger charge is 2.50. The second kappa shape index (κ2) is 6.23. The number of morpholine rings is 1. The van der Waals surface area contributed by atoms with Gasteiger partial charge in [-0.05, 0) is 18.3 Å². The van der Waals surface area contributed by atoms with E-state index in [9.17, 15) is 4.79 Å². The normalized spacial score (nSPS) is 32.0. The fraction of sp³-hybridized carbons (Fsp3) is 0.824. The number of rotatable bonds is 3. The van der Waals surface area contributed by atoms with E-state index in [0.717, 1.165) is 12.3 Å². The lowest BCUT2D eigenvalue weighted by atomic mass is 9.85. The smallest absolute Gasteiger partial charge is 0.241 e. The lowest BCUT2D eigenvalue weighted by Crippen LogP contribution is -2.44. The van der Waals surface area contributed by atoms with Crippen LogP contribution < -0.4 is 0 Å². The molecule has 2 heterocycles. The minimum absolute atomic E-state index is 0.211. The highest BCUT2D eigenvalue weighted by atomic mass is 16.5. The Morgan fingerprint density at radius 1 is 1.22 bits per heavy atom. The molecule has 6 nitrogen and oxygen atoms in total. The lowest BCUT2D eigenvalue weighted by molar-refractivity contribution is -0.143. The van der Waals surface area contributed by atoms with Crippen LogP contribution in [0, 0.1) is 24.7 Å². The highest BCUT2D eigenvalue weighted by Crippen LogP contribution is 2.50. The average Bonchev–Trinajstić information content (AvgIpc) is 3.29. The molecule has 1 aliphatic heterocycles. The van der Waals surface area contributed by atoms with Crippen LogP contribution in [0.15, 0.2) is 4.42 Å². The van der Waals surface area contributed by atoms with Crippen molar-refractivity contribution in [2.45, 2.75) is 51.5 Å². The van der Waals surface area contributed by atoms with Crippen LogP contribution in [0.2, 0.25) is 0 Å². The van der Waals surface area contributed by atoms with Crippen molar-refractivity contribution >= 4 is 5.91 Å². The maximum atomic E-state index is 13.0. The van der Waals surface area contributed by atoms with Gasteiger partial charge in [0.2, 0.25) is 17.7 Å². The zero-order chi connectivity index (χ0) is 15.8. The number of carbonyl (C=O) groups excluding carboxylic acids is 1. The second-order valence-corrected chi connectivity index (χ2v) is 7.19. The Morgan fingerprint density at radius 3 is 2.78 bits per heavy atom. The molecule has 1 aromatic rings. The summed E-state index contributed by atoms with van der Waals surface area (Å²) in [7, 11) is 0. The van der Waals surface area contributed by atoms with Gasteiger partial charge in [0.1, 0.15) is 6.04 Å². The summed E-state index contributed by atoms with van der Waals surface area (Å²) in [4.78, 5) is 14.9. The molecule has 0 bridgehead atoms. The molecule has 6 heteroatoms. The van der Waals surface area contributed by atoms with Crippen LogP contribution >= 0.6 is 0 Å². The summed E-state index contributed by atoms with van der Waals surface area (Å²) in [5.41, 5.74) is 0. The van der Waals surface area contributed by atoms with Crippen LogP contribution in [0.1, 0.15) is 56.3 Å². The van der Waals surface area contributed by atoms with Crippen LogP contribution in [0.4, 0.5) is 0 Å². The molecule has 126 valence electrons. The third kappa shape index (κ3) is 3.01. The monoisotopic (exact) mass is 319 g/mol. The van der Waals surface area contributed by atoms with E-state index in [-0.39, 0.29) is 17.9 Å². The van der Waals surface area contributed by atoms with Gasteiger partial charge < -0.3 is 14.1 Å². The van der Waals surface area contributed by atoms with Crippen LogP contribution in [0.25, 0.3) is 0 Å². The SMILES string of the molecule is Cc1nnc([C@@H]2COCCN2C(=O)[C@H]2C[C@H]2C2CCCCC2)o1. The fourth-order valence-electron chi connectivity index (χ4n) is 4.31. The Bertz CT molecular complexity index is 567. The minimum Gasteiger partial charge on any atom is -0.423 e. The first-order valence-electron chi connectivity index (χ1n) is 8.92. The van der Waals surface area contributed by atoms with Crippen molar-refractivity contribution in [3.8, 4) is 0 Å². The molecule has 3 fully saturated rings. The van der Waals surface area contributed by atoms with Crippen LogP contribution in [0.5, 0.6) is 0 Å². The van der Waals surface area contributed by atoms with Crippen LogP contribution in [-0.4, -0.2) is 40.8 Å². The van der Waals surface area contributed by atoms with Gasteiger partial charge in [-0.3, -0.25) is 4.79 Å². The molecule has 0 aromatic carbocycles. The van der Waals surface area contributed by atoms with Crippen LogP contribution in [0.3, 0.4) is 0 Å². The zero-order valence-electron chi connectivity index (χ0n) is 13.7. The number of hydrogen-bond donors (Lipinski definition) is 0.